The molecule has 0 radical (unpaired) electrons. The summed E-state index contributed by atoms with van der Waals surface area (Å²) in [6.45, 7) is 12.3. The quantitative estimate of drug-likeness (QED) is 0.177. The summed E-state index contributed by atoms with van der Waals surface area (Å²) >= 11 is 0. The number of esters is 4. The molecule has 6 aliphatic carbocycles. The molecule has 11 nitrogen and oxygen atoms in total. The lowest BCUT2D eigenvalue weighted by Gasteiger charge is -2.59. The Kier molecular flexibility index (Phi) is 8.51. The molecule has 2 saturated heterocycles. The highest BCUT2D eigenvalue weighted by atomic mass is 16.6. The van der Waals surface area contributed by atoms with E-state index in [0.29, 0.717) is 58.2 Å². The number of aliphatic carboxylic acids is 1. The summed E-state index contributed by atoms with van der Waals surface area (Å²) in [5.41, 5.74) is -5.46. The van der Waals surface area contributed by atoms with Gasteiger partial charge in [0.25, 0.3) is 0 Å². The van der Waals surface area contributed by atoms with E-state index < -0.39 is 63.3 Å². The molecule has 0 aromatic heterocycles. The van der Waals surface area contributed by atoms with Crippen LogP contribution in [0.15, 0.2) is 0 Å². The van der Waals surface area contributed by atoms with Gasteiger partial charge in [0, 0.05) is 18.3 Å². The molecule has 0 aromatic rings. The predicted octanol–water partition coefficient (Wildman–Crippen LogP) is 5.65. The van der Waals surface area contributed by atoms with Gasteiger partial charge in [0.2, 0.25) is 0 Å². The molecular weight excluding hydrogens is 644 g/mol. The minimum Gasteiger partial charge on any atom is -0.481 e. The fourth-order valence-corrected chi connectivity index (χ4v) is 11.8. The van der Waals surface area contributed by atoms with Crippen molar-refractivity contribution in [2.45, 2.75) is 136 Å². The number of hydrogen-bond donors (Lipinski definition) is 1. The standard InChI is InChI=1S/C39H56O11/c1-7-35(5,32(44)47-21-37(8-2)19-46-20-37)17-36(6,33(45)49-27-24-10-25-26(11-24)29(40)48-28(25)27)16-34(3,4)31(43)50-39-14-22-9-23(15-39)13-38(12-22,18-39)30(41)42/h22-28H,7-21H2,1-6H3,(H,41,42). The van der Waals surface area contributed by atoms with Gasteiger partial charge in [0.05, 0.1) is 46.2 Å². The van der Waals surface area contributed by atoms with Crippen LogP contribution >= 0.6 is 0 Å². The van der Waals surface area contributed by atoms with Gasteiger partial charge in [-0.05, 0) is 110 Å². The van der Waals surface area contributed by atoms with Crippen LogP contribution in [-0.4, -0.2) is 72.6 Å². The Labute approximate surface area is 295 Å². The normalized spacial score (nSPS) is 39.6. The number of rotatable bonds is 14. The molecule has 11 heteroatoms. The van der Waals surface area contributed by atoms with Crippen LogP contribution in [0.5, 0.6) is 0 Å². The van der Waals surface area contributed by atoms with E-state index in [2.05, 4.69) is 0 Å². The molecule has 50 heavy (non-hydrogen) atoms. The van der Waals surface area contributed by atoms with Crippen LogP contribution in [0.3, 0.4) is 0 Å². The molecular formula is C39H56O11. The van der Waals surface area contributed by atoms with Crippen molar-refractivity contribution in [2.75, 3.05) is 19.8 Å². The first-order chi connectivity index (χ1) is 23.4. The third-order valence-electron chi connectivity index (χ3n) is 14.4. The minimum absolute atomic E-state index is 0.0303. The van der Waals surface area contributed by atoms with Crippen LogP contribution in [0.25, 0.3) is 0 Å². The Bertz CT molecular complexity index is 1430. The molecule has 0 aromatic carbocycles. The number of carbonyl (C=O) groups is 5. The molecule has 2 aliphatic heterocycles. The van der Waals surface area contributed by atoms with E-state index in [9.17, 15) is 29.1 Å². The summed E-state index contributed by atoms with van der Waals surface area (Å²) in [5, 5.41) is 10.2. The van der Waals surface area contributed by atoms with Gasteiger partial charge in [0.1, 0.15) is 24.4 Å². The minimum atomic E-state index is -1.32. The second-order valence-corrected chi connectivity index (χ2v) is 19.0. The molecule has 9 atom stereocenters. The maximum Gasteiger partial charge on any atom is 0.312 e. The van der Waals surface area contributed by atoms with E-state index in [4.69, 9.17) is 23.7 Å². The molecule has 1 N–H and O–H groups in total. The third kappa shape index (κ3) is 5.76. The molecule has 8 aliphatic rings. The van der Waals surface area contributed by atoms with Crippen LogP contribution < -0.4 is 0 Å². The predicted molar refractivity (Wildman–Crippen MR) is 177 cm³/mol. The highest BCUT2D eigenvalue weighted by Gasteiger charge is 2.65. The van der Waals surface area contributed by atoms with Crippen molar-refractivity contribution in [3.8, 4) is 0 Å². The summed E-state index contributed by atoms with van der Waals surface area (Å²) in [4.78, 5) is 67.7. The third-order valence-corrected chi connectivity index (χ3v) is 14.4. The number of carboxylic acid groups (broad SMARTS) is 1. The van der Waals surface area contributed by atoms with Gasteiger partial charge in [-0.1, -0.05) is 13.8 Å². The van der Waals surface area contributed by atoms with Gasteiger partial charge < -0.3 is 28.8 Å². The summed E-state index contributed by atoms with van der Waals surface area (Å²) in [6, 6.07) is 0. The largest absolute Gasteiger partial charge is 0.481 e. The molecule has 8 rings (SSSR count). The first-order valence-electron chi connectivity index (χ1n) is 19.0. The maximum atomic E-state index is 14.6. The molecule has 9 unspecified atom stereocenters. The van der Waals surface area contributed by atoms with E-state index in [0.717, 1.165) is 19.3 Å². The molecule has 2 heterocycles. The molecule has 0 amide bonds. The van der Waals surface area contributed by atoms with Gasteiger partial charge in [-0.2, -0.15) is 0 Å². The first-order valence-corrected chi connectivity index (χ1v) is 19.0. The van der Waals surface area contributed by atoms with Gasteiger partial charge >= 0.3 is 29.8 Å². The zero-order valence-corrected chi connectivity index (χ0v) is 30.7. The van der Waals surface area contributed by atoms with Crippen LogP contribution in [-0.2, 0) is 47.7 Å². The topological polar surface area (TPSA) is 152 Å². The fraction of sp³-hybridized carbons (Fsp3) is 0.872. The first kappa shape index (κ1) is 35.7. The molecule has 0 spiro atoms. The van der Waals surface area contributed by atoms with Crippen LogP contribution in [0.4, 0.5) is 0 Å². The lowest BCUT2D eigenvalue weighted by Crippen LogP contribution is -2.60. The number of hydrogen-bond acceptors (Lipinski definition) is 10. The van der Waals surface area contributed by atoms with Crippen molar-refractivity contribution in [2.24, 2.45) is 56.7 Å². The zero-order valence-electron chi connectivity index (χ0n) is 30.7. The fourth-order valence-electron chi connectivity index (χ4n) is 11.8. The van der Waals surface area contributed by atoms with Gasteiger partial charge in [-0.25, -0.2) is 0 Å². The Hall–Kier alpha value is -2.69. The van der Waals surface area contributed by atoms with Crippen molar-refractivity contribution in [1.82, 2.24) is 0 Å². The number of fused-ring (bicyclic) bond motifs is 1. The summed E-state index contributed by atoms with van der Waals surface area (Å²) in [6.07, 6.45) is 5.58. The summed E-state index contributed by atoms with van der Waals surface area (Å²) in [7, 11) is 0. The lowest BCUT2D eigenvalue weighted by molar-refractivity contribution is -0.217. The second kappa shape index (κ2) is 11.9. The van der Waals surface area contributed by atoms with Gasteiger partial charge in [0.15, 0.2) is 0 Å². The van der Waals surface area contributed by atoms with E-state index in [1.54, 1.807) is 20.8 Å². The summed E-state index contributed by atoms with van der Waals surface area (Å²) < 4.78 is 29.8. The zero-order chi connectivity index (χ0) is 36.1. The SMILES string of the molecule is CCC1(COC(=O)C(C)(CC)CC(C)(CC(C)(C)C(=O)OC23CC4CC(C2)CC(C(=O)O)(C4)C3)C(=O)OC2C3CC4C(=O)OC2C4C3)COC1. The van der Waals surface area contributed by atoms with E-state index >= 15 is 0 Å². The molecule has 6 bridgehead atoms. The molecule has 278 valence electrons. The van der Waals surface area contributed by atoms with Gasteiger partial charge in [-0.3, -0.25) is 24.0 Å². The van der Waals surface area contributed by atoms with Crippen molar-refractivity contribution in [3.63, 3.8) is 0 Å². The monoisotopic (exact) mass is 700 g/mol. The highest BCUT2D eigenvalue weighted by Crippen LogP contribution is 2.63. The Morgan fingerprint density at radius 3 is 2.14 bits per heavy atom. The van der Waals surface area contributed by atoms with E-state index in [-0.39, 0.29) is 60.4 Å². The highest BCUT2D eigenvalue weighted by molar-refractivity contribution is 5.83. The maximum absolute atomic E-state index is 14.6. The molecule has 6 saturated carbocycles. The van der Waals surface area contributed by atoms with Crippen molar-refractivity contribution < 1.29 is 52.8 Å². The van der Waals surface area contributed by atoms with Crippen molar-refractivity contribution in [1.29, 1.82) is 0 Å². The smallest absolute Gasteiger partial charge is 0.312 e. The Morgan fingerprint density at radius 2 is 1.56 bits per heavy atom. The number of carboxylic acids is 1. The van der Waals surface area contributed by atoms with Crippen LogP contribution in [0.2, 0.25) is 0 Å². The number of carbonyl (C=O) groups excluding carboxylic acids is 4. The van der Waals surface area contributed by atoms with Crippen LogP contribution in [0, 0.1) is 56.7 Å². The van der Waals surface area contributed by atoms with E-state index in [1.807, 2.05) is 20.8 Å². The van der Waals surface area contributed by atoms with E-state index in [1.165, 1.54) is 0 Å². The van der Waals surface area contributed by atoms with Gasteiger partial charge in [-0.15, -0.1) is 0 Å². The second-order valence-electron chi connectivity index (χ2n) is 19.0. The molecule has 8 fully saturated rings. The lowest BCUT2D eigenvalue weighted by atomic mass is 9.48. The van der Waals surface area contributed by atoms with Crippen LogP contribution in [0.1, 0.15) is 119 Å². The van der Waals surface area contributed by atoms with Crippen molar-refractivity contribution >= 4 is 29.8 Å². The van der Waals surface area contributed by atoms with Crippen molar-refractivity contribution in [3.05, 3.63) is 0 Å². The average Bonchev–Trinajstić information content (AvgIpc) is 3.65. The Morgan fingerprint density at radius 1 is 0.880 bits per heavy atom. The average molecular weight is 701 g/mol. The Balaban J connectivity index is 1.12. The summed E-state index contributed by atoms with van der Waals surface area (Å²) in [5.74, 6) is -2.05. The number of ether oxygens (including phenoxy) is 5.